The van der Waals surface area contributed by atoms with Crippen LogP contribution < -0.4 is 14.8 Å². The molecule has 23 heavy (non-hydrogen) atoms. The summed E-state index contributed by atoms with van der Waals surface area (Å²) in [5.41, 5.74) is 0.461. The molecule has 1 aliphatic carbocycles. The zero-order chi connectivity index (χ0) is 15.8. The van der Waals surface area contributed by atoms with Gasteiger partial charge in [0.05, 0.1) is 11.4 Å². The summed E-state index contributed by atoms with van der Waals surface area (Å²) >= 11 is 1.60. The molecular formula is C16H18N2O4S. The maximum Gasteiger partial charge on any atom is 0.259 e. The SMILES string of the molecule is O=C(NCC1CC1)C1CSCN1C(=O)c1cccc2c1OCO2. The van der Waals surface area contributed by atoms with Gasteiger partial charge in [-0.25, -0.2) is 0 Å². The molecule has 2 heterocycles. The van der Waals surface area contributed by atoms with Gasteiger partial charge < -0.3 is 19.7 Å². The first-order chi connectivity index (χ1) is 11.2. The Morgan fingerprint density at radius 1 is 1.30 bits per heavy atom. The van der Waals surface area contributed by atoms with Crippen molar-refractivity contribution < 1.29 is 19.1 Å². The van der Waals surface area contributed by atoms with Crippen molar-refractivity contribution in [2.45, 2.75) is 18.9 Å². The van der Waals surface area contributed by atoms with E-state index in [4.69, 9.17) is 9.47 Å². The maximum absolute atomic E-state index is 12.9. The van der Waals surface area contributed by atoms with Gasteiger partial charge in [-0.2, -0.15) is 0 Å². The number of nitrogens with one attached hydrogen (secondary N) is 1. The largest absolute Gasteiger partial charge is 0.454 e. The van der Waals surface area contributed by atoms with Crippen molar-refractivity contribution in [2.75, 3.05) is 25.0 Å². The smallest absolute Gasteiger partial charge is 0.259 e. The van der Waals surface area contributed by atoms with Crippen LogP contribution in [0.4, 0.5) is 0 Å². The van der Waals surface area contributed by atoms with E-state index in [0.717, 1.165) is 6.54 Å². The van der Waals surface area contributed by atoms with E-state index in [2.05, 4.69) is 5.32 Å². The quantitative estimate of drug-likeness (QED) is 0.903. The van der Waals surface area contributed by atoms with Gasteiger partial charge in [-0.3, -0.25) is 9.59 Å². The number of nitrogens with zero attached hydrogens (tertiary/aromatic N) is 1. The number of hydrogen-bond donors (Lipinski definition) is 1. The Bertz CT molecular complexity index is 647. The van der Waals surface area contributed by atoms with Crippen molar-refractivity contribution in [3.05, 3.63) is 23.8 Å². The summed E-state index contributed by atoms with van der Waals surface area (Å²) in [4.78, 5) is 26.9. The minimum absolute atomic E-state index is 0.0556. The molecular weight excluding hydrogens is 316 g/mol. The summed E-state index contributed by atoms with van der Waals surface area (Å²) in [5.74, 6) is 2.60. The van der Waals surface area contributed by atoms with Gasteiger partial charge in [0, 0.05) is 12.3 Å². The molecule has 1 saturated heterocycles. The van der Waals surface area contributed by atoms with Gasteiger partial charge in [0.25, 0.3) is 5.91 Å². The molecule has 0 aromatic heterocycles. The highest BCUT2D eigenvalue weighted by Crippen LogP contribution is 2.37. The van der Waals surface area contributed by atoms with Crippen molar-refractivity contribution in [2.24, 2.45) is 5.92 Å². The predicted molar refractivity (Wildman–Crippen MR) is 85.6 cm³/mol. The van der Waals surface area contributed by atoms with Crippen LogP contribution >= 0.6 is 11.8 Å². The second-order valence-electron chi connectivity index (χ2n) is 6.02. The lowest BCUT2D eigenvalue weighted by molar-refractivity contribution is -0.124. The molecule has 2 amide bonds. The molecule has 122 valence electrons. The standard InChI is InChI=1S/C16H18N2O4S/c19-15(17-6-10-4-5-10)12-7-23-8-18(12)16(20)11-2-1-3-13-14(11)22-9-21-13/h1-3,10,12H,4-9H2,(H,17,19). The summed E-state index contributed by atoms with van der Waals surface area (Å²) in [7, 11) is 0. The summed E-state index contributed by atoms with van der Waals surface area (Å²) in [6.45, 7) is 0.847. The number of rotatable bonds is 4. The summed E-state index contributed by atoms with van der Waals surface area (Å²) in [6.07, 6.45) is 2.38. The molecule has 1 atom stereocenters. The number of amides is 2. The van der Waals surface area contributed by atoms with Crippen molar-refractivity contribution in [1.29, 1.82) is 0 Å². The Balaban J connectivity index is 1.50. The third kappa shape index (κ3) is 2.85. The molecule has 1 saturated carbocycles. The molecule has 7 heteroatoms. The summed E-state index contributed by atoms with van der Waals surface area (Å²) in [5, 5.41) is 2.97. The lowest BCUT2D eigenvalue weighted by Crippen LogP contribution is -2.47. The number of fused-ring (bicyclic) bond motifs is 1. The Hall–Kier alpha value is -1.89. The van der Waals surface area contributed by atoms with E-state index >= 15 is 0 Å². The fraction of sp³-hybridized carbons (Fsp3) is 0.500. The predicted octanol–water partition coefficient (Wildman–Crippen LogP) is 1.46. The normalized spacial score (nSPS) is 22.3. The van der Waals surface area contributed by atoms with Crippen LogP contribution in [0.5, 0.6) is 11.5 Å². The summed E-state index contributed by atoms with van der Waals surface area (Å²) in [6, 6.07) is 4.85. The van der Waals surface area contributed by atoms with Gasteiger partial charge in [0.2, 0.25) is 12.7 Å². The fourth-order valence-corrected chi connectivity index (χ4v) is 3.95. The summed E-state index contributed by atoms with van der Waals surface area (Å²) < 4.78 is 10.7. The van der Waals surface area contributed by atoms with Gasteiger partial charge >= 0.3 is 0 Å². The van der Waals surface area contributed by atoms with Crippen LogP contribution in [-0.2, 0) is 4.79 Å². The average Bonchev–Trinajstić information content (AvgIpc) is 3.07. The third-order valence-electron chi connectivity index (χ3n) is 4.33. The Kier molecular flexibility index (Phi) is 3.80. The molecule has 1 N–H and O–H groups in total. The second kappa shape index (κ2) is 5.96. The van der Waals surface area contributed by atoms with Crippen LogP contribution in [0.1, 0.15) is 23.2 Å². The molecule has 1 aromatic carbocycles. The van der Waals surface area contributed by atoms with Gasteiger partial charge in [0.1, 0.15) is 6.04 Å². The van der Waals surface area contributed by atoms with E-state index in [1.165, 1.54) is 12.8 Å². The van der Waals surface area contributed by atoms with Crippen LogP contribution in [-0.4, -0.2) is 47.7 Å². The van der Waals surface area contributed by atoms with E-state index in [9.17, 15) is 9.59 Å². The van der Waals surface area contributed by atoms with Crippen LogP contribution in [0, 0.1) is 5.92 Å². The number of hydrogen-bond acceptors (Lipinski definition) is 5. The average molecular weight is 334 g/mol. The molecule has 1 aromatic rings. The van der Waals surface area contributed by atoms with Crippen molar-refractivity contribution in [3.8, 4) is 11.5 Å². The first-order valence-corrected chi connectivity index (χ1v) is 8.94. The van der Waals surface area contributed by atoms with Gasteiger partial charge in [-0.05, 0) is 30.9 Å². The molecule has 6 nitrogen and oxygen atoms in total. The number of para-hydroxylation sites is 1. The lowest BCUT2D eigenvalue weighted by atomic mass is 10.1. The Morgan fingerprint density at radius 2 is 2.17 bits per heavy atom. The molecule has 0 spiro atoms. The van der Waals surface area contributed by atoms with Crippen LogP contribution in [0.15, 0.2) is 18.2 Å². The highest BCUT2D eigenvalue weighted by atomic mass is 32.2. The van der Waals surface area contributed by atoms with E-state index < -0.39 is 6.04 Å². The van der Waals surface area contributed by atoms with Crippen molar-refractivity contribution in [1.82, 2.24) is 10.2 Å². The molecule has 0 radical (unpaired) electrons. The minimum Gasteiger partial charge on any atom is -0.454 e. The zero-order valence-electron chi connectivity index (χ0n) is 12.6. The topological polar surface area (TPSA) is 67.9 Å². The van der Waals surface area contributed by atoms with E-state index in [0.29, 0.717) is 34.6 Å². The molecule has 2 aliphatic heterocycles. The zero-order valence-corrected chi connectivity index (χ0v) is 13.4. The third-order valence-corrected chi connectivity index (χ3v) is 5.35. The highest BCUT2D eigenvalue weighted by Gasteiger charge is 2.37. The molecule has 2 fully saturated rings. The van der Waals surface area contributed by atoms with E-state index in [1.807, 2.05) is 0 Å². The van der Waals surface area contributed by atoms with Crippen molar-refractivity contribution in [3.63, 3.8) is 0 Å². The van der Waals surface area contributed by atoms with E-state index in [1.54, 1.807) is 34.9 Å². The number of ether oxygens (including phenoxy) is 2. The molecule has 0 bridgehead atoms. The number of thioether (sulfide) groups is 1. The van der Waals surface area contributed by atoms with Crippen LogP contribution in [0.3, 0.4) is 0 Å². The highest BCUT2D eigenvalue weighted by molar-refractivity contribution is 7.99. The number of benzene rings is 1. The fourth-order valence-electron chi connectivity index (χ4n) is 2.80. The first-order valence-electron chi connectivity index (χ1n) is 7.79. The van der Waals surface area contributed by atoms with E-state index in [-0.39, 0.29) is 18.6 Å². The lowest BCUT2D eigenvalue weighted by Gasteiger charge is -2.23. The molecule has 1 unspecified atom stereocenters. The maximum atomic E-state index is 12.9. The molecule has 4 rings (SSSR count). The Labute approximate surface area is 138 Å². The number of carbonyl (C=O) groups excluding carboxylic acids is 2. The van der Waals surface area contributed by atoms with Crippen LogP contribution in [0.25, 0.3) is 0 Å². The first kappa shape index (κ1) is 14.7. The van der Waals surface area contributed by atoms with Crippen molar-refractivity contribution >= 4 is 23.6 Å². The van der Waals surface area contributed by atoms with Crippen LogP contribution in [0.2, 0.25) is 0 Å². The number of carbonyl (C=O) groups is 2. The van der Waals surface area contributed by atoms with Gasteiger partial charge in [0.15, 0.2) is 11.5 Å². The monoisotopic (exact) mass is 334 g/mol. The minimum atomic E-state index is -0.413. The Morgan fingerprint density at radius 3 is 3.00 bits per heavy atom. The van der Waals surface area contributed by atoms with Gasteiger partial charge in [-0.1, -0.05) is 6.07 Å². The van der Waals surface area contributed by atoms with Gasteiger partial charge in [-0.15, -0.1) is 11.8 Å². The second-order valence-corrected chi connectivity index (χ2v) is 7.02. The molecule has 3 aliphatic rings.